The molecule has 0 aromatic heterocycles. The van der Waals surface area contributed by atoms with Crippen molar-refractivity contribution in [1.29, 1.82) is 0 Å². The lowest BCUT2D eigenvalue weighted by Gasteiger charge is -2.25. The Kier molecular flexibility index (Phi) is 6.49. The summed E-state index contributed by atoms with van der Waals surface area (Å²) < 4.78 is 34.8. The molecule has 7 heteroatoms. The average Bonchev–Trinajstić information content (AvgIpc) is 2.64. The van der Waals surface area contributed by atoms with E-state index in [9.17, 15) is 18.3 Å². The van der Waals surface area contributed by atoms with Crippen molar-refractivity contribution in [1.82, 2.24) is 0 Å². The zero-order chi connectivity index (χ0) is 20.1. The maximum Gasteiger partial charge on any atom is 0.325 e. The molecule has 1 N–H and O–H groups in total. The third-order valence-electron chi connectivity index (χ3n) is 4.27. The maximum absolute atomic E-state index is 13.1. The van der Waals surface area contributed by atoms with Crippen molar-refractivity contribution in [3.8, 4) is 11.5 Å². The number of aliphatic carboxylic acids is 1. The summed E-state index contributed by atoms with van der Waals surface area (Å²) in [6, 6.07) is 12.6. The van der Waals surface area contributed by atoms with Gasteiger partial charge < -0.3 is 14.6 Å². The number of rotatable bonds is 9. The van der Waals surface area contributed by atoms with Crippen LogP contribution >= 0.6 is 0 Å². The number of hydrogen-bond donors (Lipinski definition) is 1. The molecule has 0 saturated carbocycles. The molecule has 0 radical (unpaired) electrons. The van der Waals surface area contributed by atoms with E-state index in [1.165, 1.54) is 31.2 Å². The third-order valence-corrected chi connectivity index (χ3v) is 6.66. The monoisotopic (exact) mass is 392 g/mol. The lowest BCUT2D eigenvalue weighted by Crippen LogP contribution is -2.45. The second-order valence-electron chi connectivity index (χ2n) is 6.20. The molecule has 146 valence electrons. The van der Waals surface area contributed by atoms with Crippen molar-refractivity contribution in [3.63, 3.8) is 0 Å². The molecule has 0 fully saturated rings. The van der Waals surface area contributed by atoms with Gasteiger partial charge in [-0.25, -0.2) is 8.42 Å². The van der Waals surface area contributed by atoms with E-state index in [1.807, 2.05) is 13.8 Å². The summed E-state index contributed by atoms with van der Waals surface area (Å²) in [5, 5.41) is 9.74. The van der Waals surface area contributed by atoms with Gasteiger partial charge >= 0.3 is 5.97 Å². The van der Waals surface area contributed by atoms with Crippen LogP contribution in [-0.2, 0) is 21.1 Å². The van der Waals surface area contributed by atoms with Crippen molar-refractivity contribution >= 4 is 15.8 Å². The Hall–Kier alpha value is -2.54. The standard InChI is InChI=1S/C20H24O6S/c1-4-25-16-8-6-15(7-9-16)14-20(3,19(21)22)27(23,24)18-12-10-17(11-13-18)26-5-2/h6-13H,4-5,14H2,1-3H3,(H,21,22). The molecule has 27 heavy (non-hydrogen) atoms. The van der Waals surface area contributed by atoms with Gasteiger partial charge in [0.25, 0.3) is 0 Å². The van der Waals surface area contributed by atoms with Crippen LogP contribution in [0.25, 0.3) is 0 Å². The van der Waals surface area contributed by atoms with E-state index < -0.39 is 20.6 Å². The highest BCUT2D eigenvalue weighted by molar-refractivity contribution is 7.93. The van der Waals surface area contributed by atoms with Gasteiger partial charge in [-0.3, -0.25) is 4.79 Å². The number of benzene rings is 2. The lowest BCUT2D eigenvalue weighted by molar-refractivity contribution is -0.139. The van der Waals surface area contributed by atoms with E-state index in [1.54, 1.807) is 24.3 Å². The van der Waals surface area contributed by atoms with Crippen molar-refractivity contribution in [2.24, 2.45) is 0 Å². The molecule has 0 heterocycles. The predicted molar refractivity (Wildman–Crippen MR) is 102 cm³/mol. The molecule has 1 unspecified atom stereocenters. The Balaban J connectivity index is 2.36. The molecule has 0 spiro atoms. The first-order chi connectivity index (χ1) is 12.7. The van der Waals surface area contributed by atoms with Gasteiger partial charge in [0, 0.05) is 6.42 Å². The molecule has 2 aromatic rings. The second kappa shape index (κ2) is 8.43. The number of sulfone groups is 1. The quantitative estimate of drug-likeness (QED) is 0.704. The minimum absolute atomic E-state index is 0.0539. The summed E-state index contributed by atoms with van der Waals surface area (Å²) in [5.41, 5.74) is 0.595. The fourth-order valence-electron chi connectivity index (χ4n) is 2.69. The second-order valence-corrected chi connectivity index (χ2v) is 8.58. The number of carboxylic acid groups (broad SMARTS) is 1. The van der Waals surface area contributed by atoms with Gasteiger partial charge in [0.15, 0.2) is 14.6 Å². The van der Waals surface area contributed by atoms with E-state index in [0.717, 1.165) is 0 Å². The van der Waals surface area contributed by atoms with Crippen LogP contribution in [0.4, 0.5) is 0 Å². The van der Waals surface area contributed by atoms with Gasteiger partial charge in [0.2, 0.25) is 0 Å². The van der Waals surface area contributed by atoms with Crippen LogP contribution in [0.3, 0.4) is 0 Å². The van der Waals surface area contributed by atoms with E-state index in [2.05, 4.69) is 0 Å². The molecule has 0 bridgehead atoms. The van der Waals surface area contributed by atoms with Crippen LogP contribution < -0.4 is 9.47 Å². The van der Waals surface area contributed by atoms with Gasteiger partial charge in [-0.05, 0) is 62.7 Å². The van der Waals surface area contributed by atoms with Gasteiger partial charge in [-0.2, -0.15) is 0 Å². The summed E-state index contributed by atoms with van der Waals surface area (Å²) in [6.45, 7) is 5.88. The van der Waals surface area contributed by atoms with Crippen molar-refractivity contribution in [2.75, 3.05) is 13.2 Å². The molecule has 0 amide bonds. The Morgan fingerprint density at radius 3 is 1.78 bits per heavy atom. The normalized spacial score (nSPS) is 13.6. The van der Waals surface area contributed by atoms with Gasteiger partial charge in [-0.15, -0.1) is 0 Å². The summed E-state index contributed by atoms with van der Waals surface area (Å²) in [5.74, 6) is -0.224. The van der Waals surface area contributed by atoms with Crippen LogP contribution in [0.5, 0.6) is 11.5 Å². The zero-order valence-corrected chi connectivity index (χ0v) is 16.5. The molecule has 0 aliphatic carbocycles. The highest BCUT2D eigenvalue weighted by Gasteiger charge is 2.47. The van der Waals surface area contributed by atoms with Gasteiger partial charge in [0.1, 0.15) is 11.5 Å². The van der Waals surface area contributed by atoms with E-state index in [4.69, 9.17) is 9.47 Å². The fourth-order valence-corrected chi connectivity index (χ4v) is 4.29. The highest BCUT2D eigenvalue weighted by atomic mass is 32.2. The van der Waals surface area contributed by atoms with Crippen LogP contribution in [0.15, 0.2) is 53.4 Å². The van der Waals surface area contributed by atoms with E-state index in [-0.39, 0.29) is 11.3 Å². The number of ether oxygens (including phenoxy) is 2. The van der Waals surface area contributed by atoms with E-state index in [0.29, 0.717) is 30.3 Å². The van der Waals surface area contributed by atoms with Crippen molar-refractivity contribution in [3.05, 3.63) is 54.1 Å². The van der Waals surface area contributed by atoms with Crippen molar-refractivity contribution < 1.29 is 27.8 Å². The SMILES string of the molecule is CCOc1ccc(CC(C)(C(=O)O)S(=O)(=O)c2ccc(OCC)cc2)cc1. The molecule has 2 aromatic carbocycles. The molecule has 0 saturated heterocycles. The Labute approximate surface area is 159 Å². The van der Waals surface area contributed by atoms with Crippen LogP contribution in [0, 0.1) is 0 Å². The topological polar surface area (TPSA) is 89.9 Å². The Bertz CT molecular complexity index is 872. The Morgan fingerprint density at radius 1 is 0.926 bits per heavy atom. The summed E-state index contributed by atoms with van der Waals surface area (Å²) >= 11 is 0. The highest BCUT2D eigenvalue weighted by Crippen LogP contribution is 2.31. The largest absolute Gasteiger partial charge is 0.494 e. The smallest absolute Gasteiger partial charge is 0.325 e. The number of carboxylic acids is 1. The molecule has 2 rings (SSSR count). The van der Waals surface area contributed by atoms with Crippen LogP contribution in [0.2, 0.25) is 0 Å². The molecular formula is C20H24O6S. The number of hydrogen-bond acceptors (Lipinski definition) is 5. The fraction of sp³-hybridized carbons (Fsp3) is 0.350. The van der Waals surface area contributed by atoms with Gasteiger partial charge in [0.05, 0.1) is 18.1 Å². The van der Waals surface area contributed by atoms with Crippen molar-refractivity contribution in [2.45, 2.75) is 36.8 Å². The average molecular weight is 392 g/mol. The predicted octanol–water partition coefficient (Wildman–Crippen LogP) is 3.34. The number of carbonyl (C=O) groups is 1. The van der Waals surface area contributed by atoms with Gasteiger partial charge in [-0.1, -0.05) is 12.1 Å². The molecule has 6 nitrogen and oxygen atoms in total. The zero-order valence-electron chi connectivity index (χ0n) is 15.6. The minimum Gasteiger partial charge on any atom is -0.494 e. The molecule has 1 atom stereocenters. The molecule has 0 aliphatic heterocycles. The third kappa shape index (κ3) is 4.42. The first kappa shape index (κ1) is 20.8. The summed E-state index contributed by atoms with van der Waals surface area (Å²) in [7, 11) is -4.14. The summed E-state index contributed by atoms with van der Waals surface area (Å²) in [6.07, 6.45) is -0.162. The first-order valence-electron chi connectivity index (χ1n) is 8.67. The van der Waals surface area contributed by atoms with Crippen LogP contribution in [0.1, 0.15) is 26.3 Å². The summed E-state index contributed by atoms with van der Waals surface area (Å²) in [4.78, 5) is 11.9. The van der Waals surface area contributed by atoms with Crippen LogP contribution in [-0.4, -0.2) is 37.5 Å². The Morgan fingerprint density at radius 2 is 1.37 bits per heavy atom. The molecule has 0 aliphatic rings. The maximum atomic E-state index is 13.1. The first-order valence-corrected chi connectivity index (χ1v) is 10.2. The van der Waals surface area contributed by atoms with E-state index >= 15 is 0 Å². The lowest BCUT2D eigenvalue weighted by atomic mass is 10.0. The minimum atomic E-state index is -4.14. The molecular weight excluding hydrogens is 368 g/mol.